The Hall–Kier alpha value is -2.87. The number of thiophene rings is 1. The molecular weight excluding hydrogens is 364 g/mol. The van der Waals surface area contributed by atoms with Crippen LogP contribution in [0.5, 0.6) is 0 Å². The molecule has 0 radical (unpaired) electrons. The second-order valence-electron chi connectivity index (χ2n) is 6.09. The highest BCUT2D eigenvalue weighted by Gasteiger charge is 2.22. The van der Waals surface area contributed by atoms with Gasteiger partial charge in [-0.25, -0.2) is 4.79 Å². The summed E-state index contributed by atoms with van der Waals surface area (Å²) >= 11 is 1.43. The molecule has 2 aromatic rings. The number of rotatable bonds is 8. The van der Waals surface area contributed by atoms with Gasteiger partial charge in [0, 0.05) is 17.6 Å². The predicted molar refractivity (Wildman–Crippen MR) is 106 cm³/mol. The van der Waals surface area contributed by atoms with Gasteiger partial charge in [0.25, 0.3) is 0 Å². The molecule has 1 heterocycles. The van der Waals surface area contributed by atoms with Crippen molar-refractivity contribution in [3.05, 3.63) is 52.2 Å². The van der Waals surface area contributed by atoms with E-state index in [1.807, 2.05) is 48.7 Å². The molecule has 7 nitrogen and oxygen atoms in total. The van der Waals surface area contributed by atoms with E-state index in [4.69, 9.17) is 5.73 Å². The second kappa shape index (κ2) is 9.72. The summed E-state index contributed by atoms with van der Waals surface area (Å²) in [5, 5.41) is 7.28. The zero-order valence-electron chi connectivity index (χ0n) is 15.4. The summed E-state index contributed by atoms with van der Waals surface area (Å²) in [6, 6.07) is 10.0. The van der Waals surface area contributed by atoms with Crippen LogP contribution in [0, 0.1) is 0 Å². The van der Waals surface area contributed by atoms with Gasteiger partial charge in [-0.05, 0) is 29.5 Å². The third-order valence-corrected chi connectivity index (χ3v) is 5.05. The number of primary amides is 1. The van der Waals surface area contributed by atoms with E-state index in [-0.39, 0.29) is 24.8 Å². The van der Waals surface area contributed by atoms with Crippen molar-refractivity contribution < 1.29 is 14.4 Å². The topological polar surface area (TPSA) is 105 Å². The summed E-state index contributed by atoms with van der Waals surface area (Å²) in [6.45, 7) is 1.93. The van der Waals surface area contributed by atoms with E-state index in [9.17, 15) is 14.4 Å². The van der Waals surface area contributed by atoms with E-state index >= 15 is 0 Å². The molecule has 2 rings (SSSR count). The average molecular weight is 388 g/mol. The van der Waals surface area contributed by atoms with Gasteiger partial charge in [0.05, 0.1) is 19.0 Å². The fourth-order valence-electron chi connectivity index (χ4n) is 2.66. The van der Waals surface area contributed by atoms with E-state index in [2.05, 4.69) is 10.6 Å². The van der Waals surface area contributed by atoms with Crippen molar-refractivity contribution in [2.24, 2.45) is 5.73 Å². The van der Waals surface area contributed by atoms with Crippen molar-refractivity contribution in [2.75, 3.05) is 18.9 Å². The van der Waals surface area contributed by atoms with Crippen LogP contribution < -0.4 is 16.4 Å². The van der Waals surface area contributed by atoms with Crippen LogP contribution in [0.3, 0.4) is 0 Å². The standard InChI is InChI=1S/C19H24N4O3S/c1-3-13-7-4-5-8-14(13)21-17(24)12-23(2)18(25)11-15(22-19(20)26)16-9-6-10-27-16/h4-10,15H,3,11-12H2,1-2H3,(H,21,24)(H3,20,22,26). The first-order valence-electron chi connectivity index (χ1n) is 8.61. The SMILES string of the molecule is CCc1ccccc1NC(=O)CN(C)C(=O)CC(NC(N)=O)c1cccs1. The van der Waals surface area contributed by atoms with Crippen LogP contribution in [0.15, 0.2) is 41.8 Å². The number of likely N-dealkylation sites (N-methyl/N-ethyl adjacent to an activating group) is 1. The fraction of sp³-hybridized carbons (Fsp3) is 0.316. The molecule has 0 aliphatic rings. The van der Waals surface area contributed by atoms with Crippen LogP contribution in [-0.2, 0) is 16.0 Å². The molecule has 0 bridgehead atoms. The second-order valence-corrected chi connectivity index (χ2v) is 7.07. The number of hydrogen-bond acceptors (Lipinski definition) is 4. The number of para-hydroxylation sites is 1. The molecule has 0 saturated carbocycles. The number of nitrogens with two attached hydrogens (primary N) is 1. The first kappa shape index (κ1) is 20.4. The number of anilines is 1. The van der Waals surface area contributed by atoms with Gasteiger partial charge >= 0.3 is 6.03 Å². The molecule has 0 aliphatic carbocycles. The first-order chi connectivity index (χ1) is 12.9. The number of aryl methyl sites for hydroxylation is 1. The highest BCUT2D eigenvalue weighted by atomic mass is 32.1. The van der Waals surface area contributed by atoms with Gasteiger partial charge in [-0.15, -0.1) is 11.3 Å². The number of hydrogen-bond donors (Lipinski definition) is 3. The Balaban J connectivity index is 1.95. The van der Waals surface area contributed by atoms with Gasteiger partial charge in [-0.3, -0.25) is 9.59 Å². The number of carbonyl (C=O) groups excluding carboxylic acids is 3. The van der Waals surface area contributed by atoms with Crippen molar-refractivity contribution in [3.63, 3.8) is 0 Å². The van der Waals surface area contributed by atoms with Gasteiger partial charge in [0.1, 0.15) is 0 Å². The Bertz CT molecular complexity index is 792. The monoisotopic (exact) mass is 388 g/mol. The summed E-state index contributed by atoms with van der Waals surface area (Å²) in [5.74, 6) is -0.539. The maximum Gasteiger partial charge on any atom is 0.312 e. The minimum Gasteiger partial charge on any atom is -0.352 e. The number of nitrogens with zero attached hydrogens (tertiary/aromatic N) is 1. The molecular formula is C19H24N4O3S. The number of benzene rings is 1. The molecule has 4 N–H and O–H groups in total. The number of nitrogens with one attached hydrogen (secondary N) is 2. The average Bonchev–Trinajstić information content (AvgIpc) is 3.15. The maximum absolute atomic E-state index is 12.5. The molecule has 4 amide bonds. The summed E-state index contributed by atoms with van der Waals surface area (Å²) in [5.41, 5.74) is 6.99. The number of amides is 4. The molecule has 0 aliphatic heterocycles. The van der Waals surface area contributed by atoms with E-state index < -0.39 is 12.1 Å². The highest BCUT2D eigenvalue weighted by molar-refractivity contribution is 7.10. The molecule has 1 atom stereocenters. The number of urea groups is 1. The van der Waals surface area contributed by atoms with Crippen LogP contribution in [0.25, 0.3) is 0 Å². The summed E-state index contributed by atoms with van der Waals surface area (Å²) < 4.78 is 0. The van der Waals surface area contributed by atoms with Crippen molar-refractivity contribution >= 4 is 34.9 Å². The van der Waals surface area contributed by atoms with Crippen molar-refractivity contribution in [2.45, 2.75) is 25.8 Å². The van der Waals surface area contributed by atoms with Gasteiger partial charge < -0.3 is 21.3 Å². The normalized spacial score (nSPS) is 11.5. The summed E-state index contributed by atoms with van der Waals surface area (Å²) in [7, 11) is 1.56. The number of carbonyl (C=O) groups is 3. The molecule has 0 fully saturated rings. The third kappa shape index (κ3) is 6.10. The molecule has 0 spiro atoms. The quantitative estimate of drug-likeness (QED) is 0.647. The van der Waals surface area contributed by atoms with Gasteiger partial charge in [0.2, 0.25) is 11.8 Å². The zero-order chi connectivity index (χ0) is 19.8. The van der Waals surface area contributed by atoms with Crippen molar-refractivity contribution in [3.8, 4) is 0 Å². The Morgan fingerprint density at radius 2 is 1.93 bits per heavy atom. The molecule has 8 heteroatoms. The van der Waals surface area contributed by atoms with Gasteiger partial charge in [-0.2, -0.15) is 0 Å². The van der Waals surface area contributed by atoms with Crippen LogP contribution >= 0.6 is 11.3 Å². The molecule has 0 saturated heterocycles. The van der Waals surface area contributed by atoms with Crippen molar-refractivity contribution in [1.29, 1.82) is 0 Å². The lowest BCUT2D eigenvalue weighted by molar-refractivity contribution is -0.133. The summed E-state index contributed by atoms with van der Waals surface area (Å²) in [6.07, 6.45) is 0.825. The Labute approximate surface area is 162 Å². The van der Waals surface area contributed by atoms with Crippen LogP contribution in [0.1, 0.15) is 29.8 Å². The lowest BCUT2D eigenvalue weighted by Gasteiger charge is -2.21. The molecule has 1 aromatic carbocycles. The zero-order valence-corrected chi connectivity index (χ0v) is 16.2. The highest BCUT2D eigenvalue weighted by Crippen LogP contribution is 2.22. The lowest BCUT2D eigenvalue weighted by atomic mass is 10.1. The van der Waals surface area contributed by atoms with E-state index in [1.165, 1.54) is 16.2 Å². The lowest BCUT2D eigenvalue weighted by Crippen LogP contribution is -2.39. The Kier molecular flexibility index (Phi) is 7.36. The van der Waals surface area contributed by atoms with Crippen LogP contribution in [-0.4, -0.2) is 36.3 Å². The molecule has 144 valence electrons. The fourth-order valence-corrected chi connectivity index (χ4v) is 3.44. The smallest absolute Gasteiger partial charge is 0.312 e. The first-order valence-corrected chi connectivity index (χ1v) is 9.49. The summed E-state index contributed by atoms with van der Waals surface area (Å²) in [4.78, 5) is 38.2. The van der Waals surface area contributed by atoms with Crippen LogP contribution in [0.4, 0.5) is 10.5 Å². The van der Waals surface area contributed by atoms with E-state index in [0.29, 0.717) is 0 Å². The molecule has 1 unspecified atom stereocenters. The van der Waals surface area contributed by atoms with E-state index in [1.54, 1.807) is 7.05 Å². The Morgan fingerprint density at radius 3 is 2.56 bits per heavy atom. The molecule has 1 aromatic heterocycles. The van der Waals surface area contributed by atoms with Gasteiger partial charge in [0.15, 0.2) is 0 Å². The minimum atomic E-state index is -0.697. The van der Waals surface area contributed by atoms with Gasteiger partial charge in [-0.1, -0.05) is 31.2 Å². The van der Waals surface area contributed by atoms with E-state index in [0.717, 1.165) is 22.5 Å². The largest absolute Gasteiger partial charge is 0.352 e. The minimum absolute atomic E-state index is 0.0266. The predicted octanol–water partition coefficient (Wildman–Crippen LogP) is 2.51. The molecule has 27 heavy (non-hydrogen) atoms. The maximum atomic E-state index is 12.5. The Morgan fingerprint density at radius 1 is 1.19 bits per heavy atom. The van der Waals surface area contributed by atoms with Crippen molar-refractivity contribution in [1.82, 2.24) is 10.2 Å². The third-order valence-electron chi connectivity index (χ3n) is 4.06. The van der Waals surface area contributed by atoms with Crippen LogP contribution in [0.2, 0.25) is 0 Å².